The van der Waals surface area contributed by atoms with Gasteiger partial charge in [-0.3, -0.25) is 9.78 Å². The lowest BCUT2D eigenvalue weighted by Gasteiger charge is -2.23. The second-order valence-corrected chi connectivity index (χ2v) is 6.23. The number of pyridine rings is 1. The Morgan fingerprint density at radius 2 is 2.20 bits per heavy atom. The van der Waals surface area contributed by atoms with Crippen molar-refractivity contribution in [2.75, 3.05) is 0 Å². The zero-order valence-electron chi connectivity index (χ0n) is 11.4. The Kier molecular flexibility index (Phi) is 3.70. The molecule has 1 unspecified atom stereocenters. The Morgan fingerprint density at radius 3 is 3.00 bits per heavy atom. The zero-order valence-corrected chi connectivity index (χ0v) is 13.0. The third-order valence-corrected chi connectivity index (χ3v) is 4.46. The molecule has 0 N–H and O–H groups in total. The third-order valence-electron chi connectivity index (χ3n) is 3.97. The minimum Gasteiger partial charge on any atom is -0.293 e. The Morgan fingerprint density at radius 1 is 1.35 bits per heavy atom. The number of rotatable bonds is 2. The van der Waals surface area contributed by atoms with Gasteiger partial charge in [-0.05, 0) is 55.5 Å². The van der Waals surface area contributed by atoms with Gasteiger partial charge in [0.1, 0.15) is 0 Å². The first-order chi connectivity index (χ1) is 9.66. The molecule has 0 bridgehead atoms. The number of nitrogens with zero attached hydrogens (tertiary/aromatic N) is 1. The highest BCUT2D eigenvalue weighted by Crippen LogP contribution is 2.33. The van der Waals surface area contributed by atoms with Crippen LogP contribution in [0.4, 0.5) is 0 Å². The minimum atomic E-state index is -0.0835. The summed E-state index contributed by atoms with van der Waals surface area (Å²) in [6, 6.07) is 9.89. The highest BCUT2D eigenvalue weighted by Gasteiger charge is 2.29. The highest BCUT2D eigenvalue weighted by atomic mass is 79.9. The van der Waals surface area contributed by atoms with Crippen LogP contribution in [0, 0.1) is 6.92 Å². The van der Waals surface area contributed by atoms with Gasteiger partial charge in [-0.15, -0.1) is 0 Å². The van der Waals surface area contributed by atoms with Crippen molar-refractivity contribution in [2.45, 2.75) is 32.1 Å². The Hall–Kier alpha value is -1.48. The Balaban J connectivity index is 2.00. The number of fused-ring (bicyclic) bond motifs is 1. The van der Waals surface area contributed by atoms with E-state index in [2.05, 4.69) is 27.0 Å². The number of aromatic nitrogens is 1. The van der Waals surface area contributed by atoms with Crippen LogP contribution in [0.3, 0.4) is 0 Å². The Labute approximate surface area is 127 Å². The smallest absolute Gasteiger partial charge is 0.172 e. The predicted molar refractivity (Wildman–Crippen MR) is 83.1 cm³/mol. The summed E-state index contributed by atoms with van der Waals surface area (Å²) < 4.78 is 1.01. The standard InChI is InChI=1S/C17H16BrNO/c1-11-10-13(18)7-8-14(11)17(20)15-6-2-4-12-5-3-9-19-16(12)15/h3,5,7-10,15H,2,4,6H2,1H3. The minimum absolute atomic E-state index is 0.0835. The van der Waals surface area contributed by atoms with E-state index in [4.69, 9.17) is 0 Å². The molecule has 2 nitrogen and oxygen atoms in total. The summed E-state index contributed by atoms with van der Waals surface area (Å²) in [4.78, 5) is 17.3. The van der Waals surface area contributed by atoms with Crippen LogP contribution in [0.25, 0.3) is 0 Å². The van der Waals surface area contributed by atoms with Crippen LogP contribution in [-0.4, -0.2) is 10.8 Å². The maximum atomic E-state index is 12.8. The third kappa shape index (κ3) is 2.42. The normalized spacial score (nSPS) is 17.6. The summed E-state index contributed by atoms with van der Waals surface area (Å²) in [5.41, 5.74) is 4.04. The molecule has 0 radical (unpaired) electrons. The molecular weight excluding hydrogens is 314 g/mol. The first-order valence-electron chi connectivity index (χ1n) is 6.91. The van der Waals surface area contributed by atoms with Gasteiger partial charge < -0.3 is 0 Å². The molecule has 0 fully saturated rings. The molecule has 0 spiro atoms. The highest BCUT2D eigenvalue weighted by molar-refractivity contribution is 9.10. The molecule has 0 aliphatic heterocycles. The van der Waals surface area contributed by atoms with Crippen molar-refractivity contribution >= 4 is 21.7 Å². The second kappa shape index (κ2) is 5.49. The molecule has 3 rings (SSSR count). The molecule has 2 aromatic rings. The van der Waals surface area contributed by atoms with E-state index in [1.807, 2.05) is 31.2 Å². The molecule has 20 heavy (non-hydrogen) atoms. The molecule has 0 saturated carbocycles. The van der Waals surface area contributed by atoms with Gasteiger partial charge in [0.2, 0.25) is 0 Å². The van der Waals surface area contributed by atoms with Gasteiger partial charge in [0.25, 0.3) is 0 Å². The van der Waals surface area contributed by atoms with E-state index >= 15 is 0 Å². The molecule has 1 aromatic heterocycles. The fourth-order valence-electron chi connectivity index (χ4n) is 2.96. The maximum absolute atomic E-state index is 12.8. The van der Waals surface area contributed by atoms with Gasteiger partial charge in [0.15, 0.2) is 5.78 Å². The quantitative estimate of drug-likeness (QED) is 0.761. The molecule has 3 heteroatoms. The largest absolute Gasteiger partial charge is 0.293 e. The number of ketones is 1. The van der Waals surface area contributed by atoms with Crippen molar-refractivity contribution in [1.82, 2.24) is 4.98 Å². The van der Waals surface area contributed by atoms with E-state index in [0.29, 0.717) is 0 Å². The topological polar surface area (TPSA) is 30.0 Å². The van der Waals surface area contributed by atoms with Crippen molar-refractivity contribution in [3.63, 3.8) is 0 Å². The van der Waals surface area contributed by atoms with Gasteiger partial charge in [-0.2, -0.15) is 0 Å². The van der Waals surface area contributed by atoms with Gasteiger partial charge in [0.05, 0.1) is 11.6 Å². The molecule has 0 saturated heterocycles. The SMILES string of the molecule is Cc1cc(Br)ccc1C(=O)C1CCCc2cccnc21. The lowest BCUT2D eigenvalue weighted by Crippen LogP contribution is -2.20. The summed E-state index contributed by atoms with van der Waals surface area (Å²) in [6.45, 7) is 1.99. The van der Waals surface area contributed by atoms with Crippen molar-refractivity contribution in [3.8, 4) is 0 Å². The average Bonchev–Trinajstić information content (AvgIpc) is 2.46. The first kappa shape index (κ1) is 13.5. The number of carbonyl (C=O) groups is 1. The summed E-state index contributed by atoms with van der Waals surface area (Å²) in [6.07, 6.45) is 4.79. The van der Waals surface area contributed by atoms with E-state index in [1.54, 1.807) is 6.20 Å². The van der Waals surface area contributed by atoms with Crippen LogP contribution in [0.5, 0.6) is 0 Å². The van der Waals surface area contributed by atoms with Crippen LogP contribution in [0.15, 0.2) is 41.0 Å². The molecule has 102 valence electrons. The van der Waals surface area contributed by atoms with Gasteiger partial charge in [-0.1, -0.05) is 28.1 Å². The zero-order chi connectivity index (χ0) is 14.1. The van der Waals surface area contributed by atoms with E-state index in [9.17, 15) is 4.79 Å². The predicted octanol–water partition coefficient (Wildman–Crippen LogP) is 4.46. The molecule has 1 aliphatic rings. The number of aryl methyl sites for hydroxylation is 2. The summed E-state index contributed by atoms with van der Waals surface area (Å²) >= 11 is 3.44. The van der Waals surface area contributed by atoms with E-state index in [1.165, 1.54) is 5.56 Å². The molecule has 1 aliphatic carbocycles. The maximum Gasteiger partial charge on any atom is 0.172 e. The van der Waals surface area contributed by atoms with Gasteiger partial charge in [0, 0.05) is 16.2 Å². The number of benzene rings is 1. The van der Waals surface area contributed by atoms with Crippen molar-refractivity contribution in [3.05, 3.63) is 63.4 Å². The number of halogens is 1. The van der Waals surface area contributed by atoms with Crippen molar-refractivity contribution in [2.24, 2.45) is 0 Å². The average molecular weight is 330 g/mol. The monoisotopic (exact) mass is 329 g/mol. The molecule has 1 aromatic carbocycles. The van der Waals surface area contributed by atoms with E-state index in [-0.39, 0.29) is 11.7 Å². The van der Waals surface area contributed by atoms with Crippen LogP contribution < -0.4 is 0 Å². The van der Waals surface area contributed by atoms with Crippen molar-refractivity contribution < 1.29 is 4.79 Å². The summed E-state index contributed by atoms with van der Waals surface area (Å²) in [5, 5.41) is 0. The number of hydrogen-bond donors (Lipinski definition) is 0. The number of hydrogen-bond acceptors (Lipinski definition) is 2. The van der Waals surface area contributed by atoms with Crippen LogP contribution >= 0.6 is 15.9 Å². The van der Waals surface area contributed by atoms with E-state index < -0.39 is 0 Å². The van der Waals surface area contributed by atoms with Crippen LogP contribution in [0.2, 0.25) is 0 Å². The van der Waals surface area contributed by atoms with Gasteiger partial charge >= 0.3 is 0 Å². The fraction of sp³-hybridized carbons (Fsp3) is 0.294. The van der Waals surface area contributed by atoms with E-state index in [0.717, 1.165) is 40.6 Å². The van der Waals surface area contributed by atoms with Crippen LogP contribution in [0.1, 0.15) is 45.9 Å². The summed E-state index contributed by atoms with van der Waals surface area (Å²) in [5.74, 6) is 0.120. The molecular formula is C17H16BrNO. The van der Waals surface area contributed by atoms with Gasteiger partial charge in [-0.25, -0.2) is 0 Å². The van der Waals surface area contributed by atoms with Crippen LogP contribution in [-0.2, 0) is 6.42 Å². The second-order valence-electron chi connectivity index (χ2n) is 5.32. The first-order valence-corrected chi connectivity index (χ1v) is 7.70. The van der Waals surface area contributed by atoms with Crippen molar-refractivity contribution in [1.29, 1.82) is 0 Å². The molecule has 1 atom stereocenters. The number of carbonyl (C=O) groups excluding carboxylic acids is 1. The molecule has 0 amide bonds. The number of Topliss-reactive ketones (excluding diaryl/α,β-unsaturated/α-hetero) is 1. The fourth-order valence-corrected chi connectivity index (χ4v) is 3.43. The lowest BCUT2D eigenvalue weighted by molar-refractivity contribution is 0.0948. The molecule has 1 heterocycles. The summed E-state index contributed by atoms with van der Waals surface area (Å²) in [7, 11) is 0. The lowest BCUT2D eigenvalue weighted by atomic mass is 9.81. The Bertz CT molecular complexity index is 666.